The number of alkyl halides is 1. The molecule has 1 atom stereocenters. The van der Waals surface area contributed by atoms with Gasteiger partial charge in [-0.25, -0.2) is 4.39 Å². The standard InChI is InChI=1S/C16H16Cl2FN/c1-11(12-6-8-13(18)9-7-12)20(2)16-5-3-4-15(19)14(16)10-17/h3-9,11H,10H2,1-2H3. The summed E-state index contributed by atoms with van der Waals surface area (Å²) in [5, 5.41) is 0.704. The minimum absolute atomic E-state index is 0.0935. The van der Waals surface area contributed by atoms with Gasteiger partial charge in [0, 0.05) is 23.3 Å². The van der Waals surface area contributed by atoms with Crippen LogP contribution in [-0.4, -0.2) is 7.05 Å². The molecule has 0 amide bonds. The van der Waals surface area contributed by atoms with Gasteiger partial charge in [-0.05, 0) is 36.8 Å². The van der Waals surface area contributed by atoms with Crippen LogP contribution in [0, 0.1) is 5.82 Å². The molecule has 0 aliphatic carbocycles. The molecule has 2 aromatic rings. The van der Waals surface area contributed by atoms with Crippen molar-refractivity contribution in [3.63, 3.8) is 0 Å². The quantitative estimate of drug-likeness (QED) is 0.682. The van der Waals surface area contributed by atoms with Crippen molar-refractivity contribution in [1.82, 2.24) is 0 Å². The summed E-state index contributed by atoms with van der Waals surface area (Å²) in [5.74, 6) is -0.118. The summed E-state index contributed by atoms with van der Waals surface area (Å²) < 4.78 is 13.8. The van der Waals surface area contributed by atoms with Crippen LogP contribution < -0.4 is 4.90 Å². The number of halogens is 3. The summed E-state index contributed by atoms with van der Waals surface area (Å²) in [5.41, 5.74) is 2.45. The maximum absolute atomic E-state index is 13.8. The van der Waals surface area contributed by atoms with Gasteiger partial charge in [0.2, 0.25) is 0 Å². The van der Waals surface area contributed by atoms with E-state index in [0.717, 1.165) is 11.3 Å². The van der Waals surface area contributed by atoms with Crippen LogP contribution in [0.5, 0.6) is 0 Å². The van der Waals surface area contributed by atoms with Gasteiger partial charge in [-0.15, -0.1) is 11.6 Å². The normalized spacial score (nSPS) is 12.2. The minimum atomic E-state index is -0.271. The SMILES string of the molecule is CC(c1ccc(Cl)cc1)N(C)c1cccc(F)c1CCl. The van der Waals surface area contributed by atoms with Crippen LogP contribution in [0.1, 0.15) is 24.1 Å². The van der Waals surface area contributed by atoms with Crippen molar-refractivity contribution in [3.05, 3.63) is 64.4 Å². The Bertz CT molecular complexity index is 584. The van der Waals surface area contributed by atoms with E-state index in [2.05, 4.69) is 6.92 Å². The van der Waals surface area contributed by atoms with Gasteiger partial charge in [0.25, 0.3) is 0 Å². The number of nitrogens with zero attached hydrogens (tertiary/aromatic N) is 1. The highest BCUT2D eigenvalue weighted by molar-refractivity contribution is 6.30. The molecule has 2 aromatic carbocycles. The lowest BCUT2D eigenvalue weighted by atomic mass is 10.1. The predicted molar refractivity (Wildman–Crippen MR) is 84.2 cm³/mol. The smallest absolute Gasteiger partial charge is 0.129 e. The Balaban J connectivity index is 2.33. The third kappa shape index (κ3) is 3.08. The molecule has 4 heteroatoms. The summed E-state index contributed by atoms with van der Waals surface area (Å²) in [6, 6.07) is 12.8. The van der Waals surface area contributed by atoms with Gasteiger partial charge in [0.15, 0.2) is 0 Å². The fourth-order valence-corrected chi connectivity index (χ4v) is 2.57. The summed E-state index contributed by atoms with van der Waals surface area (Å²) in [4.78, 5) is 2.02. The van der Waals surface area contributed by atoms with Crippen LogP contribution in [0.3, 0.4) is 0 Å². The van der Waals surface area contributed by atoms with E-state index in [4.69, 9.17) is 23.2 Å². The largest absolute Gasteiger partial charge is 0.367 e. The van der Waals surface area contributed by atoms with E-state index in [9.17, 15) is 4.39 Å². The van der Waals surface area contributed by atoms with Crippen LogP contribution in [0.4, 0.5) is 10.1 Å². The number of anilines is 1. The zero-order chi connectivity index (χ0) is 14.7. The Labute approximate surface area is 128 Å². The lowest BCUT2D eigenvalue weighted by molar-refractivity contribution is 0.614. The zero-order valence-electron chi connectivity index (χ0n) is 11.4. The number of hydrogen-bond acceptors (Lipinski definition) is 1. The van der Waals surface area contributed by atoms with Gasteiger partial charge in [-0.2, -0.15) is 0 Å². The van der Waals surface area contributed by atoms with Crippen molar-refractivity contribution in [3.8, 4) is 0 Å². The molecule has 0 aliphatic rings. The molecule has 0 radical (unpaired) electrons. The van der Waals surface area contributed by atoms with Crippen molar-refractivity contribution in [2.45, 2.75) is 18.8 Å². The Hall–Kier alpha value is -1.25. The van der Waals surface area contributed by atoms with Crippen molar-refractivity contribution >= 4 is 28.9 Å². The van der Waals surface area contributed by atoms with E-state index >= 15 is 0 Å². The molecule has 1 unspecified atom stereocenters. The first-order chi connectivity index (χ1) is 9.54. The van der Waals surface area contributed by atoms with E-state index in [1.54, 1.807) is 6.07 Å². The van der Waals surface area contributed by atoms with E-state index in [-0.39, 0.29) is 17.7 Å². The molecule has 0 spiro atoms. The van der Waals surface area contributed by atoms with Crippen molar-refractivity contribution in [2.75, 3.05) is 11.9 Å². The molecule has 0 aliphatic heterocycles. The number of rotatable bonds is 4. The van der Waals surface area contributed by atoms with Crippen molar-refractivity contribution in [1.29, 1.82) is 0 Å². The van der Waals surface area contributed by atoms with E-state index in [0.29, 0.717) is 10.6 Å². The van der Waals surface area contributed by atoms with Gasteiger partial charge in [-0.3, -0.25) is 0 Å². The molecular weight excluding hydrogens is 296 g/mol. The summed E-state index contributed by atoms with van der Waals surface area (Å²) in [6.45, 7) is 2.06. The molecule has 0 heterocycles. The monoisotopic (exact) mass is 311 g/mol. The first kappa shape index (κ1) is 15.1. The lowest BCUT2D eigenvalue weighted by Gasteiger charge is -2.29. The van der Waals surface area contributed by atoms with E-state index in [1.165, 1.54) is 6.07 Å². The minimum Gasteiger partial charge on any atom is -0.367 e. The fourth-order valence-electron chi connectivity index (χ4n) is 2.18. The highest BCUT2D eigenvalue weighted by Gasteiger charge is 2.17. The van der Waals surface area contributed by atoms with Crippen LogP contribution in [0.25, 0.3) is 0 Å². The lowest BCUT2D eigenvalue weighted by Crippen LogP contribution is -2.23. The molecule has 0 saturated carbocycles. The highest BCUT2D eigenvalue weighted by Crippen LogP contribution is 2.30. The summed E-state index contributed by atoms with van der Waals surface area (Å²) in [7, 11) is 1.93. The summed E-state index contributed by atoms with van der Waals surface area (Å²) >= 11 is 11.8. The molecule has 1 nitrogen and oxygen atoms in total. The second kappa shape index (κ2) is 6.47. The molecule has 2 rings (SSSR count). The van der Waals surface area contributed by atoms with Gasteiger partial charge in [-0.1, -0.05) is 29.8 Å². The van der Waals surface area contributed by atoms with E-state index < -0.39 is 0 Å². The molecule has 0 fully saturated rings. The average Bonchev–Trinajstić information content (AvgIpc) is 2.46. The van der Waals surface area contributed by atoms with Crippen molar-refractivity contribution in [2.24, 2.45) is 0 Å². The fraction of sp³-hybridized carbons (Fsp3) is 0.250. The molecule has 0 N–H and O–H groups in total. The first-order valence-electron chi connectivity index (χ1n) is 6.36. The Morgan fingerprint density at radius 1 is 1.15 bits per heavy atom. The third-order valence-corrected chi connectivity index (χ3v) is 4.06. The maximum atomic E-state index is 13.8. The predicted octanol–water partition coefficient (Wildman–Crippen LogP) is 5.42. The Morgan fingerprint density at radius 2 is 1.80 bits per heavy atom. The molecule has 20 heavy (non-hydrogen) atoms. The molecule has 106 valence electrons. The summed E-state index contributed by atoms with van der Waals surface area (Å²) in [6.07, 6.45) is 0. The Kier molecular flexibility index (Phi) is 4.90. The van der Waals surface area contributed by atoms with Crippen LogP contribution in [0.15, 0.2) is 42.5 Å². The Morgan fingerprint density at radius 3 is 2.40 bits per heavy atom. The van der Waals surface area contributed by atoms with Gasteiger partial charge in [0.1, 0.15) is 5.82 Å². The maximum Gasteiger partial charge on any atom is 0.129 e. The topological polar surface area (TPSA) is 3.24 Å². The number of hydrogen-bond donors (Lipinski definition) is 0. The van der Waals surface area contributed by atoms with Gasteiger partial charge in [0.05, 0.1) is 11.9 Å². The second-order valence-electron chi connectivity index (χ2n) is 4.71. The zero-order valence-corrected chi connectivity index (χ0v) is 12.9. The average molecular weight is 312 g/mol. The third-order valence-electron chi connectivity index (χ3n) is 3.54. The van der Waals surface area contributed by atoms with Crippen LogP contribution >= 0.6 is 23.2 Å². The van der Waals surface area contributed by atoms with Crippen LogP contribution in [-0.2, 0) is 5.88 Å². The molecular formula is C16H16Cl2FN. The first-order valence-corrected chi connectivity index (χ1v) is 7.27. The van der Waals surface area contributed by atoms with Gasteiger partial charge >= 0.3 is 0 Å². The molecule has 0 bridgehead atoms. The highest BCUT2D eigenvalue weighted by atomic mass is 35.5. The van der Waals surface area contributed by atoms with Crippen molar-refractivity contribution < 1.29 is 4.39 Å². The molecule has 0 saturated heterocycles. The molecule has 0 aromatic heterocycles. The van der Waals surface area contributed by atoms with Crippen LogP contribution in [0.2, 0.25) is 5.02 Å². The number of benzene rings is 2. The van der Waals surface area contributed by atoms with Gasteiger partial charge < -0.3 is 4.90 Å². The van der Waals surface area contributed by atoms with E-state index in [1.807, 2.05) is 42.3 Å². The second-order valence-corrected chi connectivity index (χ2v) is 5.41.